The molecular formula is C12H20N2O5. The number of carboxylic acid groups (broad SMARTS) is 1. The number of rotatable bonds is 7. The number of hydrogen-bond acceptors (Lipinski definition) is 4. The van der Waals surface area contributed by atoms with Crippen LogP contribution >= 0.6 is 0 Å². The zero-order chi connectivity index (χ0) is 13.7. The lowest BCUT2D eigenvalue weighted by Crippen LogP contribution is -2.47. The molecule has 2 aliphatic rings. The van der Waals surface area contributed by atoms with E-state index >= 15 is 0 Å². The molecule has 1 aliphatic heterocycles. The van der Waals surface area contributed by atoms with Gasteiger partial charge in [0.25, 0.3) is 0 Å². The summed E-state index contributed by atoms with van der Waals surface area (Å²) < 4.78 is 10.4. The normalized spacial score (nSPS) is 26.1. The van der Waals surface area contributed by atoms with E-state index < -0.39 is 17.9 Å². The van der Waals surface area contributed by atoms with E-state index in [2.05, 4.69) is 10.6 Å². The Hall–Kier alpha value is -1.34. The van der Waals surface area contributed by atoms with E-state index in [1.165, 1.54) is 12.8 Å². The number of carbonyl (C=O) groups excluding carboxylic acids is 1. The number of urea groups is 1. The van der Waals surface area contributed by atoms with Crippen LogP contribution < -0.4 is 10.6 Å². The number of ether oxygens (including phenoxy) is 2. The van der Waals surface area contributed by atoms with E-state index in [4.69, 9.17) is 14.6 Å². The van der Waals surface area contributed by atoms with E-state index in [1.54, 1.807) is 0 Å². The molecule has 7 heteroatoms. The van der Waals surface area contributed by atoms with Crippen LogP contribution in [0, 0.1) is 11.8 Å². The third-order valence-electron chi connectivity index (χ3n) is 3.30. The fraction of sp³-hybridized carbons (Fsp3) is 0.833. The van der Waals surface area contributed by atoms with Crippen LogP contribution in [0.25, 0.3) is 0 Å². The summed E-state index contributed by atoms with van der Waals surface area (Å²) in [5.74, 6) is -0.909. The van der Waals surface area contributed by atoms with Crippen LogP contribution in [-0.4, -0.2) is 56.1 Å². The minimum Gasteiger partial charge on any atom is -0.481 e. The average Bonchev–Trinajstić information content (AvgIpc) is 3.06. The second-order valence-corrected chi connectivity index (χ2v) is 5.01. The van der Waals surface area contributed by atoms with Gasteiger partial charge in [0, 0.05) is 13.2 Å². The minimum atomic E-state index is -0.949. The number of carbonyl (C=O) groups is 2. The Kier molecular flexibility index (Phi) is 4.98. The van der Waals surface area contributed by atoms with Crippen molar-refractivity contribution in [2.75, 3.05) is 33.0 Å². The number of aliphatic carboxylic acids is 1. The fourth-order valence-electron chi connectivity index (χ4n) is 1.93. The van der Waals surface area contributed by atoms with Crippen LogP contribution in [0.2, 0.25) is 0 Å². The molecular weight excluding hydrogens is 252 g/mol. The first kappa shape index (κ1) is 14.1. The van der Waals surface area contributed by atoms with Gasteiger partial charge in [-0.25, -0.2) is 4.79 Å². The van der Waals surface area contributed by atoms with Crippen molar-refractivity contribution in [3.8, 4) is 0 Å². The van der Waals surface area contributed by atoms with Crippen LogP contribution in [-0.2, 0) is 14.3 Å². The monoisotopic (exact) mass is 272 g/mol. The van der Waals surface area contributed by atoms with Crippen LogP contribution in [0.1, 0.15) is 12.8 Å². The van der Waals surface area contributed by atoms with Gasteiger partial charge in [-0.15, -0.1) is 0 Å². The van der Waals surface area contributed by atoms with Gasteiger partial charge < -0.3 is 25.2 Å². The van der Waals surface area contributed by atoms with Crippen molar-refractivity contribution < 1.29 is 24.2 Å². The molecule has 1 saturated heterocycles. The second kappa shape index (κ2) is 6.72. The number of nitrogens with one attached hydrogen (secondary N) is 2. The summed E-state index contributed by atoms with van der Waals surface area (Å²) in [6.45, 7) is 2.05. The lowest BCUT2D eigenvalue weighted by Gasteiger charge is -2.16. The van der Waals surface area contributed by atoms with Crippen LogP contribution in [0.5, 0.6) is 0 Å². The molecule has 2 unspecified atom stereocenters. The first-order valence-electron chi connectivity index (χ1n) is 6.59. The Morgan fingerprint density at radius 2 is 2.11 bits per heavy atom. The maximum absolute atomic E-state index is 11.6. The summed E-state index contributed by atoms with van der Waals surface area (Å²) in [4.78, 5) is 22.4. The van der Waals surface area contributed by atoms with Gasteiger partial charge >= 0.3 is 12.0 Å². The highest BCUT2D eigenvalue weighted by molar-refractivity contribution is 5.77. The van der Waals surface area contributed by atoms with Gasteiger partial charge in [0.15, 0.2) is 0 Å². The van der Waals surface area contributed by atoms with Crippen LogP contribution in [0.3, 0.4) is 0 Å². The van der Waals surface area contributed by atoms with Crippen LogP contribution in [0.15, 0.2) is 0 Å². The first-order valence-corrected chi connectivity index (χ1v) is 6.59. The van der Waals surface area contributed by atoms with E-state index in [0.717, 1.165) is 6.61 Å². The zero-order valence-corrected chi connectivity index (χ0v) is 10.8. The van der Waals surface area contributed by atoms with Crippen molar-refractivity contribution >= 4 is 12.0 Å². The van der Waals surface area contributed by atoms with Gasteiger partial charge in [0.2, 0.25) is 0 Å². The molecule has 2 atom stereocenters. The van der Waals surface area contributed by atoms with Gasteiger partial charge in [-0.3, -0.25) is 4.79 Å². The first-order chi connectivity index (χ1) is 9.16. The standard InChI is InChI=1S/C12H20N2O5/c15-11(16)9-6-19-7-10(9)14-12(17)13-3-4-18-5-8-1-2-8/h8-10H,1-7H2,(H,15,16)(H2,13,14,17). The molecule has 2 fully saturated rings. The Morgan fingerprint density at radius 1 is 1.32 bits per heavy atom. The smallest absolute Gasteiger partial charge is 0.315 e. The van der Waals surface area contributed by atoms with E-state index in [9.17, 15) is 9.59 Å². The largest absolute Gasteiger partial charge is 0.481 e. The van der Waals surface area contributed by atoms with E-state index in [0.29, 0.717) is 19.1 Å². The minimum absolute atomic E-state index is 0.144. The summed E-state index contributed by atoms with van der Waals surface area (Å²) in [6, 6.07) is -0.846. The molecule has 0 aromatic heterocycles. The molecule has 7 nitrogen and oxygen atoms in total. The Morgan fingerprint density at radius 3 is 2.79 bits per heavy atom. The van der Waals surface area contributed by atoms with Crippen molar-refractivity contribution in [3.63, 3.8) is 0 Å². The zero-order valence-electron chi connectivity index (χ0n) is 10.8. The molecule has 2 rings (SSSR count). The van der Waals surface area contributed by atoms with E-state index in [-0.39, 0.29) is 19.2 Å². The summed E-state index contributed by atoms with van der Waals surface area (Å²) >= 11 is 0. The van der Waals surface area contributed by atoms with Gasteiger partial charge in [-0.2, -0.15) is 0 Å². The molecule has 0 aromatic rings. The Balaban J connectivity index is 1.56. The van der Waals surface area contributed by atoms with Crippen molar-refractivity contribution in [2.24, 2.45) is 11.8 Å². The molecule has 1 saturated carbocycles. The number of hydrogen-bond donors (Lipinski definition) is 3. The molecule has 108 valence electrons. The predicted octanol–water partition coefficient (Wildman–Crippen LogP) is -0.188. The van der Waals surface area contributed by atoms with Gasteiger partial charge in [0.05, 0.1) is 25.9 Å². The summed E-state index contributed by atoms with van der Waals surface area (Å²) in [6.07, 6.45) is 2.48. The Labute approximate surface area is 111 Å². The highest BCUT2D eigenvalue weighted by atomic mass is 16.5. The molecule has 1 aliphatic carbocycles. The average molecular weight is 272 g/mol. The Bertz CT molecular complexity index is 332. The van der Waals surface area contributed by atoms with Crippen molar-refractivity contribution in [3.05, 3.63) is 0 Å². The quantitative estimate of drug-likeness (QED) is 0.558. The third-order valence-corrected chi connectivity index (χ3v) is 3.30. The summed E-state index contributed by atoms with van der Waals surface area (Å²) in [5, 5.41) is 14.2. The predicted molar refractivity (Wildman–Crippen MR) is 65.8 cm³/mol. The van der Waals surface area contributed by atoms with E-state index in [1.807, 2.05) is 0 Å². The molecule has 0 spiro atoms. The van der Waals surface area contributed by atoms with Crippen molar-refractivity contribution in [1.82, 2.24) is 10.6 Å². The molecule has 0 aromatic carbocycles. The van der Waals surface area contributed by atoms with Crippen molar-refractivity contribution in [2.45, 2.75) is 18.9 Å². The van der Waals surface area contributed by atoms with Gasteiger partial charge in [-0.05, 0) is 18.8 Å². The molecule has 3 N–H and O–H groups in total. The lowest BCUT2D eigenvalue weighted by molar-refractivity contribution is -0.142. The molecule has 19 heavy (non-hydrogen) atoms. The van der Waals surface area contributed by atoms with Gasteiger partial charge in [0.1, 0.15) is 5.92 Å². The molecule has 0 radical (unpaired) electrons. The SMILES string of the molecule is O=C(NCCOCC1CC1)NC1COCC1C(=O)O. The summed E-state index contributed by atoms with van der Waals surface area (Å²) in [5.41, 5.74) is 0. The highest BCUT2D eigenvalue weighted by Gasteiger charge is 2.34. The third kappa shape index (κ3) is 4.68. The summed E-state index contributed by atoms with van der Waals surface area (Å²) in [7, 11) is 0. The molecule has 2 amide bonds. The number of amides is 2. The second-order valence-electron chi connectivity index (χ2n) is 5.01. The van der Waals surface area contributed by atoms with Gasteiger partial charge in [-0.1, -0.05) is 0 Å². The maximum atomic E-state index is 11.6. The number of carboxylic acids is 1. The van der Waals surface area contributed by atoms with Crippen LogP contribution in [0.4, 0.5) is 4.79 Å². The highest BCUT2D eigenvalue weighted by Crippen LogP contribution is 2.28. The lowest BCUT2D eigenvalue weighted by atomic mass is 10.0. The van der Waals surface area contributed by atoms with Crippen molar-refractivity contribution in [1.29, 1.82) is 0 Å². The molecule has 1 heterocycles. The fourth-order valence-corrected chi connectivity index (χ4v) is 1.93. The molecule has 0 bridgehead atoms. The topological polar surface area (TPSA) is 96.9 Å². The maximum Gasteiger partial charge on any atom is 0.315 e.